The van der Waals surface area contributed by atoms with Crippen molar-refractivity contribution in [1.29, 1.82) is 5.26 Å². The van der Waals surface area contributed by atoms with Crippen LogP contribution in [0.2, 0.25) is 5.02 Å². The van der Waals surface area contributed by atoms with Crippen LogP contribution in [0.3, 0.4) is 0 Å². The summed E-state index contributed by atoms with van der Waals surface area (Å²) in [4.78, 5) is 21.8. The number of aliphatic hydroxyl groups excluding tert-OH is 2. The Morgan fingerprint density at radius 1 is 1.02 bits per heavy atom. The number of rotatable bonds is 15. The standard InChI is InChI=1S/C33H35ClN6O5/c1-21-24(5-3-7-28(21)39-32(43)29-10-9-22(18-38-29)17-36-11-13-41)25-6-4-8-31(26(25)16-35)45-20-30-27(34)15-23(19-37-12-14-42)33(40-30)44-2/h3-10,15,18,36-37,41-42H,11-14,17,19-20H2,1-2H3,(H,39,43). The number of methoxy groups -OCH3 is 1. The second kappa shape index (κ2) is 16.5. The van der Waals surface area contributed by atoms with Gasteiger partial charge in [0.2, 0.25) is 5.88 Å². The summed E-state index contributed by atoms with van der Waals surface area (Å²) in [5, 5.41) is 37.6. The molecular weight excluding hydrogens is 596 g/mol. The monoisotopic (exact) mass is 630 g/mol. The van der Waals surface area contributed by atoms with Crippen molar-refractivity contribution >= 4 is 23.2 Å². The summed E-state index contributed by atoms with van der Waals surface area (Å²) in [6.45, 7) is 3.77. The van der Waals surface area contributed by atoms with Gasteiger partial charge < -0.3 is 35.6 Å². The summed E-state index contributed by atoms with van der Waals surface area (Å²) < 4.78 is 11.5. The van der Waals surface area contributed by atoms with Crippen LogP contribution in [0, 0.1) is 18.3 Å². The Morgan fingerprint density at radius 3 is 2.44 bits per heavy atom. The van der Waals surface area contributed by atoms with E-state index in [1.54, 1.807) is 36.5 Å². The molecule has 0 unspecified atom stereocenters. The Kier molecular flexibility index (Phi) is 12.2. The van der Waals surface area contributed by atoms with Crippen LogP contribution in [0.1, 0.15) is 38.4 Å². The molecule has 0 atom stereocenters. The molecule has 0 aliphatic carbocycles. The van der Waals surface area contributed by atoms with Crippen molar-refractivity contribution in [3.8, 4) is 28.8 Å². The maximum atomic E-state index is 13.0. The third-order valence-electron chi connectivity index (χ3n) is 6.93. The Labute approximate surface area is 266 Å². The number of carbonyl (C=O) groups excluding carboxylic acids is 1. The van der Waals surface area contributed by atoms with Crippen LogP contribution >= 0.6 is 11.6 Å². The molecule has 234 valence electrons. The van der Waals surface area contributed by atoms with E-state index in [9.17, 15) is 10.1 Å². The van der Waals surface area contributed by atoms with E-state index in [1.165, 1.54) is 7.11 Å². The SMILES string of the molecule is COc1nc(COc2cccc(-c3cccc(NC(=O)c4ccc(CNCCO)cn4)c3C)c2C#N)c(Cl)cc1CNCCO. The molecule has 12 heteroatoms. The Morgan fingerprint density at radius 2 is 1.76 bits per heavy atom. The average Bonchev–Trinajstić information content (AvgIpc) is 3.05. The highest BCUT2D eigenvalue weighted by Gasteiger charge is 2.18. The summed E-state index contributed by atoms with van der Waals surface area (Å²) in [6.07, 6.45) is 1.62. The Hall–Kier alpha value is -4.57. The maximum Gasteiger partial charge on any atom is 0.274 e. The zero-order chi connectivity index (χ0) is 32.2. The van der Waals surface area contributed by atoms with Crippen molar-refractivity contribution in [3.05, 3.63) is 99.5 Å². The normalized spacial score (nSPS) is 10.8. The smallest absolute Gasteiger partial charge is 0.274 e. The molecule has 0 saturated carbocycles. The first-order valence-corrected chi connectivity index (χ1v) is 14.7. The summed E-state index contributed by atoms with van der Waals surface area (Å²) >= 11 is 6.51. The lowest BCUT2D eigenvalue weighted by Gasteiger charge is -2.16. The molecule has 11 nitrogen and oxygen atoms in total. The van der Waals surface area contributed by atoms with E-state index in [4.69, 9.17) is 31.3 Å². The fraction of sp³-hybridized carbons (Fsp3) is 0.273. The minimum absolute atomic E-state index is 0.00393. The molecule has 45 heavy (non-hydrogen) atoms. The van der Waals surface area contributed by atoms with Crippen molar-refractivity contribution in [1.82, 2.24) is 20.6 Å². The van der Waals surface area contributed by atoms with E-state index < -0.39 is 0 Å². The Balaban J connectivity index is 1.52. The van der Waals surface area contributed by atoms with Gasteiger partial charge in [-0.3, -0.25) is 9.78 Å². The molecule has 5 N–H and O–H groups in total. The third kappa shape index (κ3) is 8.54. The summed E-state index contributed by atoms with van der Waals surface area (Å²) in [5.41, 5.74) is 5.41. The molecule has 2 aromatic heterocycles. The number of pyridine rings is 2. The maximum absolute atomic E-state index is 13.0. The molecule has 0 fully saturated rings. The first kappa shape index (κ1) is 33.3. The highest BCUT2D eigenvalue weighted by Crippen LogP contribution is 2.35. The van der Waals surface area contributed by atoms with Gasteiger partial charge in [-0.05, 0) is 47.9 Å². The number of nitrogens with one attached hydrogen (secondary N) is 3. The van der Waals surface area contributed by atoms with Crippen molar-refractivity contribution in [2.75, 3.05) is 38.7 Å². The largest absolute Gasteiger partial charge is 0.486 e. The van der Waals surface area contributed by atoms with Gasteiger partial charge in [0, 0.05) is 49.2 Å². The number of benzene rings is 2. The van der Waals surface area contributed by atoms with E-state index in [-0.39, 0.29) is 31.4 Å². The molecule has 1 amide bonds. The van der Waals surface area contributed by atoms with Crippen LogP contribution in [0.15, 0.2) is 60.8 Å². The van der Waals surface area contributed by atoms with Gasteiger partial charge in [-0.2, -0.15) is 5.26 Å². The van der Waals surface area contributed by atoms with Crippen LogP contribution in [-0.4, -0.2) is 59.5 Å². The van der Waals surface area contributed by atoms with E-state index >= 15 is 0 Å². The topological polar surface area (TPSA) is 162 Å². The molecule has 0 saturated heterocycles. The number of nitrogens with zero attached hydrogens (tertiary/aromatic N) is 3. The number of ether oxygens (including phenoxy) is 2. The Bertz CT molecular complexity index is 1660. The molecule has 0 aliphatic heterocycles. The van der Waals surface area contributed by atoms with Gasteiger partial charge in [0.15, 0.2) is 0 Å². The average molecular weight is 631 g/mol. The lowest BCUT2D eigenvalue weighted by atomic mass is 9.95. The van der Waals surface area contributed by atoms with E-state index in [0.717, 1.165) is 22.3 Å². The fourth-order valence-electron chi connectivity index (χ4n) is 4.61. The van der Waals surface area contributed by atoms with Crippen LogP contribution in [0.25, 0.3) is 11.1 Å². The van der Waals surface area contributed by atoms with Crippen LogP contribution in [0.5, 0.6) is 11.6 Å². The summed E-state index contributed by atoms with van der Waals surface area (Å²) in [7, 11) is 1.51. The van der Waals surface area contributed by atoms with Crippen molar-refractivity contribution in [2.24, 2.45) is 0 Å². The lowest BCUT2D eigenvalue weighted by molar-refractivity contribution is 0.102. The molecular formula is C33H35ClN6O5. The molecule has 4 rings (SSSR count). The molecule has 4 aromatic rings. The minimum atomic E-state index is -0.363. The van der Waals surface area contributed by atoms with E-state index in [1.807, 2.05) is 31.2 Å². The minimum Gasteiger partial charge on any atom is -0.486 e. The van der Waals surface area contributed by atoms with Crippen molar-refractivity contribution in [3.63, 3.8) is 0 Å². The summed E-state index contributed by atoms with van der Waals surface area (Å²) in [6, 6.07) is 18.3. The van der Waals surface area contributed by atoms with Gasteiger partial charge in [0.25, 0.3) is 5.91 Å². The molecule has 0 radical (unpaired) electrons. The van der Waals surface area contributed by atoms with Gasteiger partial charge in [0.05, 0.1) is 25.3 Å². The number of carbonyl (C=O) groups is 1. The second-order valence-electron chi connectivity index (χ2n) is 9.95. The number of hydrogen-bond acceptors (Lipinski definition) is 10. The number of hydrogen-bond donors (Lipinski definition) is 5. The molecule has 0 spiro atoms. The zero-order valence-corrected chi connectivity index (χ0v) is 25.8. The van der Waals surface area contributed by atoms with Gasteiger partial charge in [0.1, 0.15) is 35.4 Å². The van der Waals surface area contributed by atoms with Gasteiger partial charge in [-0.1, -0.05) is 41.9 Å². The van der Waals surface area contributed by atoms with E-state index in [0.29, 0.717) is 65.3 Å². The lowest BCUT2D eigenvalue weighted by Crippen LogP contribution is -2.18. The van der Waals surface area contributed by atoms with Gasteiger partial charge >= 0.3 is 0 Å². The number of halogens is 1. The zero-order valence-electron chi connectivity index (χ0n) is 25.1. The fourth-order valence-corrected chi connectivity index (χ4v) is 4.84. The van der Waals surface area contributed by atoms with Crippen LogP contribution in [-0.2, 0) is 19.7 Å². The first-order chi connectivity index (χ1) is 21.9. The highest BCUT2D eigenvalue weighted by atomic mass is 35.5. The quantitative estimate of drug-likeness (QED) is 0.121. The van der Waals surface area contributed by atoms with Gasteiger partial charge in [-0.15, -0.1) is 0 Å². The molecule has 2 heterocycles. The molecule has 2 aromatic carbocycles. The third-order valence-corrected chi connectivity index (χ3v) is 7.26. The predicted molar refractivity (Wildman–Crippen MR) is 171 cm³/mol. The second-order valence-corrected chi connectivity index (χ2v) is 10.4. The molecule has 0 aliphatic rings. The van der Waals surface area contributed by atoms with Crippen molar-refractivity contribution < 1.29 is 24.5 Å². The van der Waals surface area contributed by atoms with E-state index in [2.05, 4.69) is 32.0 Å². The molecule has 0 bridgehead atoms. The number of aromatic nitrogens is 2. The number of anilines is 1. The highest BCUT2D eigenvalue weighted by molar-refractivity contribution is 6.31. The number of nitriles is 1. The summed E-state index contributed by atoms with van der Waals surface area (Å²) in [5.74, 6) is 0.373. The number of amides is 1. The van der Waals surface area contributed by atoms with Crippen molar-refractivity contribution in [2.45, 2.75) is 26.6 Å². The van der Waals surface area contributed by atoms with Gasteiger partial charge in [-0.25, -0.2) is 4.98 Å². The van der Waals surface area contributed by atoms with Crippen LogP contribution in [0.4, 0.5) is 5.69 Å². The predicted octanol–water partition coefficient (Wildman–Crippen LogP) is 3.98. The first-order valence-electron chi connectivity index (χ1n) is 14.3. The number of aliphatic hydroxyl groups is 2. The van der Waals surface area contributed by atoms with Crippen LogP contribution < -0.4 is 25.4 Å².